The number of nitrogens with two attached hydrogens (primary N) is 1. The summed E-state index contributed by atoms with van der Waals surface area (Å²) in [5.41, 5.74) is 9.80. The number of benzene rings is 1. The van der Waals surface area contributed by atoms with Gasteiger partial charge in [-0.25, -0.2) is 0 Å². The largest absolute Gasteiger partial charge is 0.481 e. The van der Waals surface area contributed by atoms with Gasteiger partial charge in [0.25, 0.3) is 0 Å². The van der Waals surface area contributed by atoms with E-state index in [0.29, 0.717) is 25.8 Å². The van der Waals surface area contributed by atoms with E-state index in [4.69, 9.17) is 17.3 Å². The van der Waals surface area contributed by atoms with Crippen LogP contribution in [0.1, 0.15) is 50.7 Å². The molecule has 1 rings (SSSR count). The summed E-state index contributed by atoms with van der Waals surface area (Å²) in [6, 6.07) is 5.91. The maximum atomic E-state index is 11.5. The highest BCUT2D eigenvalue weighted by Gasteiger charge is 2.19. The molecule has 0 aliphatic heterocycles. The Kier molecular flexibility index (Phi) is 9.46. The van der Waals surface area contributed by atoms with Crippen LogP contribution < -0.4 is 5.73 Å². The molecule has 138 valence electrons. The van der Waals surface area contributed by atoms with E-state index in [-0.39, 0.29) is 0 Å². The van der Waals surface area contributed by atoms with E-state index < -0.39 is 11.9 Å². The summed E-state index contributed by atoms with van der Waals surface area (Å²) in [4.78, 5) is 15.9. The number of carboxylic acid groups (broad SMARTS) is 1. The molecule has 0 radical (unpaired) electrons. The average Bonchev–Trinajstić information content (AvgIpc) is 2.56. The van der Waals surface area contributed by atoms with Crippen molar-refractivity contribution in [2.75, 3.05) is 6.54 Å². The minimum atomic E-state index is -0.785. The first-order valence-electron chi connectivity index (χ1n) is 8.74. The van der Waals surface area contributed by atoms with Crippen molar-refractivity contribution in [1.29, 1.82) is 0 Å². The van der Waals surface area contributed by atoms with Crippen molar-refractivity contribution in [3.8, 4) is 0 Å². The van der Waals surface area contributed by atoms with Crippen LogP contribution in [0.15, 0.2) is 34.5 Å². The third-order valence-corrected chi connectivity index (χ3v) is 4.78. The minimum Gasteiger partial charge on any atom is -0.481 e. The lowest BCUT2D eigenvalue weighted by molar-refractivity contribution is -0.141. The van der Waals surface area contributed by atoms with Gasteiger partial charge in [-0.1, -0.05) is 29.3 Å². The zero-order chi connectivity index (χ0) is 18.8. The smallest absolute Gasteiger partial charge is 0.306 e. The van der Waals surface area contributed by atoms with Crippen LogP contribution in [0.4, 0.5) is 0 Å². The Morgan fingerprint density at radius 2 is 2.16 bits per heavy atom. The third-order valence-electron chi connectivity index (χ3n) is 4.43. The Balaban J connectivity index is 2.91. The molecular formula is C20H29ClN2O2. The van der Waals surface area contributed by atoms with Crippen molar-refractivity contribution in [2.45, 2.75) is 52.9 Å². The minimum absolute atomic E-state index is 0.438. The van der Waals surface area contributed by atoms with Crippen LogP contribution in [-0.2, 0) is 11.2 Å². The standard InChI is InChI=1S/C20H29ClN2O2/c1-4-23-19(13-16(20(24)25)8-6-12-22)15(3)10-11-17-14(2)7-5-9-18(17)21/h4-5,7,9,16H,6,8,10-13,22H2,1-3H3,(H,24,25)/b19-15+,23-4?. The number of carboxylic acids is 1. The van der Waals surface area contributed by atoms with E-state index >= 15 is 0 Å². The van der Waals surface area contributed by atoms with E-state index in [1.54, 1.807) is 6.21 Å². The SMILES string of the molecule is CC=N/C(CC(CCCN)C(=O)O)=C(\C)CCc1c(C)cccc1Cl. The van der Waals surface area contributed by atoms with Crippen molar-refractivity contribution in [2.24, 2.45) is 16.6 Å². The Morgan fingerprint density at radius 1 is 1.44 bits per heavy atom. The van der Waals surface area contributed by atoms with Gasteiger partial charge in [0, 0.05) is 23.4 Å². The molecule has 0 saturated heterocycles. The molecule has 1 aromatic carbocycles. The number of rotatable bonds is 10. The molecule has 1 atom stereocenters. The third kappa shape index (κ3) is 7.00. The predicted molar refractivity (Wildman–Crippen MR) is 105 cm³/mol. The number of aliphatic carboxylic acids is 1. The zero-order valence-corrected chi connectivity index (χ0v) is 16.1. The van der Waals surface area contributed by atoms with Crippen molar-refractivity contribution in [1.82, 2.24) is 0 Å². The number of nitrogens with zero attached hydrogens (tertiary/aromatic N) is 1. The molecule has 25 heavy (non-hydrogen) atoms. The van der Waals surface area contributed by atoms with Gasteiger partial charge in [0.2, 0.25) is 0 Å². The van der Waals surface area contributed by atoms with Gasteiger partial charge in [0.05, 0.1) is 5.92 Å². The molecule has 5 heteroatoms. The molecule has 0 aliphatic rings. The van der Waals surface area contributed by atoms with Gasteiger partial charge in [0.1, 0.15) is 0 Å². The number of carbonyl (C=O) groups is 1. The highest BCUT2D eigenvalue weighted by atomic mass is 35.5. The topological polar surface area (TPSA) is 75.7 Å². The Morgan fingerprint density at radius 3 is 2.72 bits per heavy atom. The number of aryl methyl sites for hydroxylation is 1. The molecule has 1 unspecified atom stereocenters. The normalized spacial score (nSPS) is 13.8. The van der Waals surface area contributed by atoms with Gasteiger partial charge in [-0.05, 0) is 70.2 Å². The first kappa shape index (κ1) is 21.4. The van der Waals surface area contributed by atoms with Crippen molar-refractivity contribution < 1.29 is 9.90 Å². The van der Waals surface area contributed by atoms with Crippen molar-refractivity contribution in [3.05, 3.63) is 45.6 Å². The molecule has 0 saturated carbocycles. The summed E-state index contributed by atoms with van der Waals surface area (Å²) in [6.45, 7) is 6.43. The maximum Gasteiger partial charge on any atom is 0.306 e. The number of hydrogen-bond acceptors (Lipinski definition) is 3. The molecule has 0 heterocycles. The maximum absolute atomic E-state index is 11.5. The molecule has 0 aromatic heterocycles. The van der Waals surface area contributed by atoms with Gasteiger partial charge >= 0.3 is 5.97 Å². The summed E-state index contributed by atoms with van der Waals surface area (Å²) in [7, 11) is 0. The number of hydrogen-bond donors (Lipinski definition) is 2. The second-order valence-electron chi connectivity index (χ2n) is 6.32. The fourth-order valence-electron chi connectivity index (χ4n) is 2.84. The van der Waals surface area contributed by atoms with Gasteiger partial charge < -0.3 is 10.8 Å². The van der Waals surface area contributed by atoms with Crippen LogP contribution in [0.3, 0.4) is 0 Å². The lowest BCUT2D eigenvalue weighted by atomic mass is 9.94. The summed E-state index contributed by atoms with van der Waals surface area (Å²) in [5, 5.41) is 10.2. The number of aliphatic imine (C=N–C) groups is 1. The summed E-state index contributed by atoms with van der Waals surface area (Å²) < 4.78 is 0. The van der Waals surface area contributed by atoms with Gasteiger partial charge in [-0.15, -0.1) is 0 Å². The van der Waals surface area contributed by atoms with Crippen molar-refractivity contribution >= 4 is 23.8 Å². The lowest BCUT2D eigenvalue weighted by Gasteiger charge is -2.15. The van der Waals surface area contributed by atoms with Gasteiger partial charge in [0.15, 0.2) is 0 Å². The summed E-state index contributed by atoms with van der Waals surface area (Å²) >= 11 is 6.30. The second kappa shape index (κ2) is 11.1. The Labute approximate surface area is 155 Å². The molecule has 1 aromatic rings. The zero-order valence-electron chi connectivity index (χ0n) is 15.4. The fourth-order valence-corrected chi connectivity index (χ4v) is 3.16. The van der Waals surface area contributed by atoms with Crippen LogP contribution in [0.25, 0.3) is 0 Å². The van der Waals surface area contributed by atoms with E-state index in [2.05, 4.69) is 18.0 Å². The van der Waals surface area contributed by atoms with E-state index in [1.165, 1.54) is 5.56 Å². The molecular weight excluding hydrogens is 336 g/mol. The molecule has 0 bridgehead atoms. The van der Waals surface area contributed by atoms with Crippen LogP contribution in [-0.4, -0.2) is 23.8 Å². The van der Waals surface area contributed by atoms with Crippen LogP contribution >= 0.6 is 11.6 Å². The summed E-state index contributed by atoms with van der Waals surface area (Å²) in [5.74, 6) is -1.23. The molecule has 0 fully saturated rings. The second-order valence-corrected chi connectivity index (χ2v) is 6.73. The van der Waals surface area contributed by atoms with Gasteiger partial charge in [-0.2, -0.15) is 0 Å². The van der Waals surface area contributed by atoms with E-state index in [9.17, 15) is 9.90 Å². The highest BCUT2D eigenvalue weighted by molar-refractivity contribution is 6.31. The Bertz CT molecular complexity index is 618. The molecule has 0 aliphatic carbocycles. The lowest BCUT2D eigenvalue weighted by Crippen LogP contribution is -2.16. The monoisotopic (exact) mass is 364 g/mol. The fraction of sp³-hybridized carbons (Fsp3) is 0.500. The van der Waals surface area contributed by atoms with Gasteiger partial charge in [-0.3, -0.25) is 9.79 Å². The molecule has 4 nitrogen and oxygen atoms in total. The quantitative estimate of drug-likeness (QED) is 0.587. The highest BCUT2D eigenvalue weighted by Crippen LogP contribution is 2.26. The first-order chi connectivity index (χ1) is 11.9. The van der Waals surface area contributed by atoms with Crippen molar-refractivity contribution in [3.63, 3.8) is 0 Å². The Hall–Kier alpha value is -1.65. The molecule has 0 spiro atoms. The van der Waals surface area contributed by atoms with Crippen LogP contribution in [0.5, 0.6) is 0 Å². The first-order valence-corrected chi connectivity index (χ1v) is 9.12. The predicted octanol–water partition coefficient (Wildman–Crippen LogP) is 4.78. The average molecular weight is 365 g/mol. The van der Waals surface area contributed by atoms with Crippen LogP contribution in [0.2, 0.25) is 5.02 Å². The number of allylic oxidation sites excluding steroid dienone is 2. The number of halogens is 1. The molecule has 3 N–H and O–H groups in total. The summed E-state index contributed by atoms with van der Waals surface area (Å²) in [6.07, 6.45) is 5.07. The molecule has 0 amide bonds. The van der Waals surface area contributed by atoms with Crippen LogP contribution in [0, 0.1) is 12.8 Å². The van der Waals surface area contributed by atoms with E-state index in [0.717, 1.165) is 34.7 Å². The van der Waals surface area contributed by atoms with E-state index in [1.807, 2.05) is 26.0 Å².